The third-order valence-electron chi connectivity index (χ3n) is 4.70. The predicted octanol–water partition coefficient (Wildman–Crippen LogP) is 3.08. The van der Waals surface area contributed by atoms with Gasteiger partial charge in [-0.2, -0.15) is 0 Å². The van der Waals surface area contributed by atoms with E-state index >= 15 is 0 Å². The smallest absolute Gasteiger partial charge is 0.00822 e. The van der Waals surface area contributed by atoms with Gasteiger partial charge in [-0.1, -0.05) is 19.3 Å². The summed E-state index contributed by atoms with van der Waals surface area (Å²) < 4.78 is 0. The fraction of sp³-hybridized carbons (Fsp3) is 1.00. The topological polar surface area (TPSA) is 24.1 Å². The summed E-state index contributed by atoms with van der Waals surface area (Å²) in [4.78, 5) is 0. The van der Waals surface area contributed by atoms with Crippen molar-refractivity contribution in [2.45, 2.75) is 83.3 Å². The third-order valence-corrected chi connectivity index (χ3v) is 4.70. The van der Waals surface area contributed by atoms with Crippen LogP contribution in [0.4, 0.5) is 0 Å². The summed E-state index contributed by atoms with van der Waals surface area (Å²) in [7, 11) is 0. The maximum Gasteiger partial charge on any atom is 0.00822 e. The van der Waals surface area contributed by atoms with Crippen molar-refractivity contribution in [3.8, 4) is 0 Å². The van der Waals surface area contributed by atoms with Crippen molar-refractivity contribution >= 4 is 0 Å². The molecule has 17 heavy (non-hydrogen) atoms. The van der Waals surface area contributed by atoms with E-state index in [-0.39, 0.29) is 0 Å². The van der Waals surface area contributed by atoms with E-state index in [0.717, 1.165) is 12.0 Å². The number of rotatable bonds is 5. The normalized spacial score (nSPS) is 30.4. The fourth-order valence-electron chi connectivity index (χ4n) is 3.67. The highest BCUT2D eigenvalue weighted by Gasteiger charge is 2.23. The second-order valence-electron chi connectivity index (χ2n) is 6.28. The summed E-state index contributed by atoms with van der Waals surface area (Å²) >= 11 is 0. The standard InChI is InChI=1S/C15H30N2/c1-12(11-15-9-6-10-16-15)17-13(2)14-7-4-3-5-8-14/h12-17H,3-11H2,1-2H3/t12?,13-,15?/m1/s1. The molecule has 2 heteroatoms. The van der Waals surface area contributed by atoms with Crippen LogP contribution < -0.4 is 10.6 Å². The molecule has 1 aliphatic carbocycles. The van der Waals surface area contributed by atoms with Gasteiger partial charge in [0.2, 0.25) is 0 Å². The minimum Gasteiger partial charge on any atom is -0.314 e. The molecule has 0 aromatic rings. The molecule has 0 spiro atoms. The molecule has 1 saturated carbocycles. The molecule has 1 heterocycles. The molecule has 0 aromatic carbocycles. The molecule has 2 fully saturated rings. The SMILES string of the molecule is CC(CC1CCCN1)N[C@H](C)C1CCCCC1. The van der Waals surface area contributed by atoms with Gasteiger partial charge in [0.05, 0.1) is 0 Å². The predicted molar refractivity (Wildman–Crippen MR) is 74.3 cm³/mol. The second kappa shape index (κ2) is 6.75. The van der Waals surface area contributed by atoms with Gasteiger partial charge in [-0.15, -0.1) is 0 Å². The molecule has 2 unspecified atom stereocenters. The van der Waals surface area contributed by atoms with Crippen LogP contribution in [-0.4, -0.2) is 24.7 Å². The van der Waals surface area contributed by atoms with Crippen LogP contribution in [0, 0.1) is 5.92 Å². The number of nitrogens with one attached hydrogen (secondary N) is 2. The van der Waals surface area contributed by atoms with E-state index in [0.29, 0.717) is 12.1 Å². The lowest BCUT2D eigenvalue weighted by molar-refractivity contribution is 0.259. The maximum atomic E-state index is 3.84. The molecule has 0 amide bonds. The highest BCUT2D eigenvalue weighted by molar-refractivity contribution is 4.82. The Kier molecular flexibility index (Phi) is 5.30. The molecular formula is C15H30N2. The van der Waals surface area contributed by atoms with Crippen molar-refractivity contribution in [2.75, 3.05) is 6.54 Å². The van der Waals surface area contributed by atoms with Crippen LogP contribution in [-0.2, 0) is 0 Å². The van der Waals surface area contributed by atoms with Crippen molar-refractivity contribution in [3.05, 3.63) is 0 Å². The Bertz CT molecular complexity index is 205. The minimum absolute atomic E-state index is 0.669. The van der Waals surface area contributed by atoms with Crippen LogP contribution in [0.3, 0.4) is 0 Å². The lowest BCUT2D eigenvalue weighted by Gasteiger charge is -2.31. The van der Waals surface area contributed by atoms with E-state index in [9.17, 15) is 0 Å². The fourth-order valence-corrected chi connectivity index (χ4v) is 3.67. The molecular weight excluding hydrogens is 208 g/mol. The van der Waals surface area contributed by atoms with Crippen LogP contribution in [0.25, 0.3) is 0 Å². The molecule has 2 aliphatic rings. The Morgan fingerprint density at radius 2 is 1.82 bits per heavy atom. The van der Waals surface area contributed by atoms with Crippen molar-refractivity contribution in [1.82, 2.24) is 10.6 Å². The Balaban J connectivity index is 1.67. The van der Waals surface area contributed by atoms with E-state index in [4.69, 9.17) is 0 Å². The Morgan fingerprint density at radius 3 is 2.47 bits per heavy atom. The molecule has 2 N–H and O–H groups in total. The lowest BCUT2D eigenvalue weighted by atomic mass is 9.84. The summed E-state index contributed by atoms with van der Waals surface area (Å²) in [6.07, 6.45) is 11.3. The van der Waals surface area contributed by atoms with E-state index < -0.39 is 0 Å². The average molecular weight is 238 g/mol. The van der Waals surface area contributed by atoms with Crippen LogP contribution in [0.5, 0.6) is 0 Å². The van der Waals surface area contributed by atoms with Gasteiger partial charge in [-0.05, 0) is 58.4 Å². The summed E-state index contributed by atoms with van der Waals surface area (Å²) in [6.45, 7) is 5.99. The average Bonchev–Trinajstić information content (AvgIpc) is 2.82. The highest BCUT2D eigenvalue weighted by atomic mass is 15.0. The van der Waals surface area contributed by atoms with E-state index in [2.05, 4.69) is 24.5 Å². The van der Waals surface area contributed by atoms with Crippen molar-refractivity contribution in [1.29, 1.82) is 0 Å². The molecule has 1 saturated heterocycles. The first-order chi connectivity index (χ1) is 8.25. The molecule has 0 bridgehead atoms. The van der Waals surface area contributed by atoms with Gasteiger partial charge in [-0.3, -0.25) is 0 Å². The quantitative estimate of drug-likeness (QED) is 0.769. The number of hydrogen-bond acceptors (Lipinski definition) is 2. The van der Waals surface area contributed by atoms with Crippen molar-refractivity contribution < 1.29 is 0 Å². The van der Waals surface area contributed by atoms with E-state index in [1.165, 1.54) is 57.9 Å². The Hall–Kier alpha value is -0.0800. The van der Waals surface area contributed by atoms with Crippen LogP contribution >= 0.6 is 0 Å². The zero-order valence-electron chi connectivity index (χ0n) is 11.7. The summed E-state index contributed by atoms with van der Waals surface area (Å²) in [5, 5.41) is 7.44. The van der Waals surface area contributed by atoms with Crippen molar-refractivity contribution in [2.24, 2.45) is 5.92 Å². The second-order valence-corrected chi connectivity index (χ2v) is 6.28. The first-order valence-corrected chi connectivity index (χ1v) is 7.75. The van der Waals surface area contributed by atoms with E-state index in [1.807, 2.05) is 0 Å². The van der Waals surface area contributed by atoms with Gasteiger partial charge in [0.1, 0.15) is 0 Å². The van der Waals surface area contributed by atoms with Gasteiger partial charge in [-0.25, -0.2) is 0 Å². The van der Waals surface area contributed by atoms with Crippen LogP contribution in [0.2, 0.25) is 0 Å². The van der Waals surface area contributed by atoms with E-state index in [1.54, 1.807) is 0 Å². The Morgan fingerprint density at radius 1 is 1.06 bits per heavy atom. The zero-order valence-corrected chi connectivity index (χ0v) is 11.7. The van der Waals surface area contributed by atoms with Gasteiger partial charge in [0, 0.05) is 18.1 Å². The molecule has 2 rings (SSSR count). The zero-order chi connectivity index (χ0) is 12.1. The van der Waals surface area contributed by atoms with Gasteiger partial charge < -0.3 is 10.6 Å². The molecule has 1 aliphatic heterocycles. The third kappa shape index (κ3) is 4.26. The van der Waals surface area contributed by atoms with Crippen LogP contribution in [0.15, 0.2) is 0 Å². The molecule has 0 aromatic heterocycles. The Labute approximate surface area is 107 Å². The van der Waals surface area contributed by atoms with Crippen LogP contribution in [0.1, 0.15) is 65.2 Å². The first kappa shape index (κ1) is 13.4. The monoisotopic (exact) mass is 238 g/mol. The van der Waals surface area contributed by atoms with Gasteiger partial charge in [0.25, 0.3) is 0 Å². The summed E-state index contributed by atoms with van der Waals surface area (Å²) in [6, 6.07) is 2.16. The molecule has 100 valence electrons. The first-order valence-electron chi connectivity index (χ1n) is 7.75. The maximum absolute atomic E-state index is 3.84. The number of hydrogen-bond donors (Lipinski definition) is 2. The van der Waals surface area contributed by atoms with Gasteiger partial charge in [0.15, 0.2) is 0 Å². The molecule has 0 radical (unpaired) electrons. The summed E-state index contributed by atoms with van der Waals surface area (Å²) in [5.41, 5.74) is 0. The van der Waals surface area contributed by atoms with Crippen molar-refractivity contribution in [3.63, 3.8) is 0 Å². The minimum atomic E-state index is 0.669. The lowest BCUT2D eigenvalue weighted by Crippen LogP contribution is -2.42. The summed E-state index contributed by atoms with van der Waals surface area (Å²) in [5.74, 6) is 0.933. The molecule has 3 atom stereocenters. The highest BCUT2D eigenvalue weighted by Crippen LogP contribution is 2.26. The largest absolute Gasteiger partial charge is 0.314 e. The molecule has 2 nitrogen and oxygen atoms in total. The van der Waals surface area contributed by atoms with Gasteiger partial charge >= 0.3 is 0 Å².